The summed E-state index contributed by atoms with van der Waals surface area (Å²) in [5, 5.41) is 10.6. The Bertz CT molecular complexity index is 978. The van der Waals surface area contributed by atoms with Crippen LogP contribution in [0.4, 0.5) is 0 Å². The highest BCUT2D eigenvalue weighted by molar-refractivity contribution is 7.89. The van der Waals surface area contributed by atoms with Crippen LogP contribution in [-0.4, -0.2) is 29.6 Å². The lowest BCUT2D eigenvalue weighted by Crippen LogP contribution is -2.38. The quantitative estimate of drug-likeness (QED) is 0.696. The summed E-state index contributed by atoms with van der Waals surface area (Å²) in [6, 6.07) is 17.3. The summed E-state index contributed by atoms with van der Waals surface area (Å²) in [7, 11) is -2.08. The van der Waals surface area contributed by atoms with Gasteiger partial charge >= 0.3 is 0 Å². The van der Waals surface area contributed by atoms with E-state index in [1.54, 1.807) is 30.7 Å². The SMILES string of the molecule is Cn1cnc(S(=O)(=O)NC[C@@](C)(O)c2ccc(-c3ccccc3)cc2)c1. The first kappa shape index (κ1) is 18.3. The molecule has 0 aliphatic rings. The van der Waals surface area contributed by atoms with Crippen molar-refractivity contribution in [3.05, 3.63) is 72.7 Å². The number of nitrogens with zero attached hydrogens (tertiary/aromatic N) is 2. The monoisotopic (exact) mass is 371 g/mol. The van der Waals surface area contributed by atoms with Gasteiger partial charge in [0.15, 0.2) is 5.03 Å². The summed E-state index contributed by atoms with van der Waals surface area (Å²) in [6.45, 7) is 1.42. The van der Waals surface area contributed by atoms with E-state index < -0.39 is 15.6 Å². The van der Waals surface area contributed by atoms with Crippen molar-refractivity contribution < 1.29 is 13.5 Å². The van der Waals surface area contributed by atoms with Crippen LogP contribution in [-0.2, 0) is 22.7 Å². The van der Waals surface area contributed by atoms with E-state index >= 15 is 0 Å². The number of rotatable bonds is 6. The molecular formula is C19H21N3O3S. The second kappa shape index (κ2) is 7.03. The molecule has 1 heterocycles. The largest absolute Gasteiger partial charge is 0.384 e. The van der Waals surface area contributed by atoms with E-state index in [4.69, 9.17) is 0 Å². The Kier molecular flexibility index (Phi) is 4.95. The maximum absolute atomic E-state index is 12.3. The molecule has 7 heteroatoms. The Morgan fingerprint density at radius 3 is 2.27 bits per heavy atom. The van der Waals surface area contributed by atoms with Gasteiger partial charge < -0.3 is 9.67 Å². The van der Waals surface area contributed by atoms with E-state index in [0.717, 1.165) is 11.1 Å². The third-order valence-electron chi connectivity index (χ3n) is 4.18. The first-order valence-corrected chi connectivity index (χ1v) is 9.62. The van der Waals surface area contributed by atoms with Crippen LogP contribution in [0.5, 0.6) is 0 Å². The molecule has 0 aliphatic heterocycles. The predicted molar refractivity (Wildman–Crippen MR) is 99.8 cm³/mol. The van der Waals surface area contributed by atoms with Crippen LogP contribution in [0.15, 0.2) is 72.1 Å². The van der Waals surface area contributed by atoms with E-state index in [0.29, 0.717) is 5.56 Å². The first-order chi connectivity index (χ1) is 12.3. The third-order valence-corrected chi connectivity index (χ3v) is 5.46. The number of hydrogen-bond acceptors (Lipinski definition) is 4. The topological polar surface area (TPSA) is 84.2 Å². The molecule has 1 aromatic heterocycles. The van der Waals surface area contributed by atoms with Gasteiger partial charge in [0.25, 0.3) is 10.0 Å². The maximum Gasteiger partial charge on any atom is 0.259 e. The van der Waals surface area contributed by atoms with E-state index in [9.17, 15) is 13.5 Å². The number of imidazole rings is 1. The summed E-state index contributed by atoms with van der Waals surface area (Å²) in [4.78, 5) is 3.84. The predicted octanol–water partition coefficient (Wildman–Crippen LogP) is 2.27. The van der Waals surface area contributed by atoms with Gasteiger partial charge in [-0.1, -0.05) is 54.6 Å². The summed E-state index contributed by atoms with van der Waals surface area (Å²) < 4.78 is 28.5. The molecule has 0 saturated carbocycles. The molecule has 3 rings (SSSR count). The van der Waals surface area contributed by atoms with Gasteiger partial charge in [-0.05, 0) is 23.6 Å². The van der Waals surface area contributed by atoms with Gasteiger partial charge in [-0.15, -0.1) is 0 Å². The smallest absolute Gasteiger partial charge is 0.259 e. The third kappa shape index (κ3) is 4.01. The number of aromatic nitrogens is 2. The number of hydrogen-bond donors (Lipinski definition) is 2. The van der Waals surface area contributed by atoms with Gasteiger partial charge in [0.1, 0.15) is 5.60 Å². The Hall–Kier alpha value is -2.48. The van der Waals surface area contributed by atoms with Gasteiger partial charge in [0.05, 0.1) is 6.33 Å². The van der Waals surface area contributed by atoms with Crippen LogP contribution in [0.1, 0.15) is 12.5 Å². The fraction of sp³-hybridized carbons (Fsp3) is 0.211. The van der Waals surface area contributed by atoms with Crippen molar-refractivity contribution in [3.8, 4) is 11.1 Å². The fourth-order valence-corrected chi connectivity index (χ4v) is 3.70. The van der Waals surface area contributed by atoms with Crippen LogP contribution in [0.25, 0.3) is 11.1 Å². The molecule has 136 valence electrons. The summed E-state index contributed by atoms with van der Waals surface area (Å²) in [5.41, 5.74) is 1.38. The number of benzene rings is 2. The summed E-state index contributed by atoms with van der Waals surface area (Å²) in [5.74, 6) is 0. The molecule has 6 nitrogen and oxygen atoms in total. The van der Waals surface area contributed by atoms with Crippen LogP contribution < -0.4 is 4.72 Å². The molecule has 26 heavy (non-hydrogen) atoms. The zero-order valence-electron chi connectivity index (χ0n) is 14.6. The lowest BCUT2D eigenvalue weighted by molar-refractivity contribution is 0.0627. The molecule has 0 fully saturated rings. The number of nitrogens with one attached hydrogen (secondary N) is 1. The molecule has 0 unspecified atom stereocenters. The van der Waals surface area contributed by atoms with Crippen LogP contribution in [0, 0.1) is 0 Å². The maximum atomic E-state index is 12.3. The van der Waals surface area contributed by atoms with Gasteiger partial charge in [-0.3, -0.25) is 0 Å². The molecule has 3 aromatic rings. The van der Waals surface area contributed by atoms with Gasteiger partial charge in [0, 0.05) is 19.8 Å². The molecule has 0 radical (unpaired) electrons. The molecule has 0 amide bonds. The van der Waals surface area contributed by atoms with Crippen molar-refractivity contribution in [3.63, 3.8) is 0 Å². The molecule has 1 atom stereocenters. The normalized spacial score (nSPS) is 14.1. The Balaban J connectivity index is 1.74. The lowest BCUT2D eigenvalue weighted by atomic mass is 9.94. The summed E-state index contributed by atoms with van der Waals surface area (Å²) >= 11 is 0. The van der Waals surface area contributed by atoms with E-state index in [2.05, 4.69) is 9.71 Å². The molecular weight excluding hydrogens is 350 g/mol. The molecule has 0 aliphatic carbocycles. The Morgan fingerprint density at radius 1 is 1.08 bits per heavy atom. The minimum absolute atomic E-state index is 0.0739. The first-order valence-electron chi connectivity index (χ1n) is 8.14. The van der Waals surface area contributed by atoms with E-state index in [1.807, 2.05) is 42.5 Å². The molecule has 2 aromatic carbocycles. The fourth-order valence-electron chi connectivity index (χ4n) is 2.59. The number of aliphatic hydroxyl groups is 1. The van der Waals surface area contributed by atoms with Crippen molar-refractivity contribution in [1.29, 1.82) is 0 Å². The second-order valence-corrected chi connectivity index (χ2v) is 8.13. The van der Waals surface area contributed by atoms with Crippen LogP contribution in [0.3, 0.4) is 0 Å². The highest BCUT2D eigenvalue weighted by atomic mass is 32.2. The van der Waals surface area contributed by atoms with Gasteiger partial charge in [-0.25, -0.2) is 18.1 Å². The van der Waals surface area contributed by atoms with Crippen molar-refractivity contribution >= 4 is 10.0 Å². The van der Waals surface area contributed by atoms with Gasteiger partial charge in [0.2, 0.25) is 0 Å². The highest BCUT2D eigenvalue weighted by Gasteiger charge is 2.27. The summed E-state index contributed by atoms with van der Waals surface area (Å²) in [6.07, 6.45) is 2.82. The zero-order valence-corrected chi connectivity index (χ0v) is 15.4. The molecule has 0 bridgehead atoms. The van der Waals surface area contributed by atoms with E-state index in [1.165, 1.54) is 12.5 Å². The van der Waals surface area contributed by atoms with E-state index in [-0.39, 0.29) is 11.6 Å². The number of sulfonamides is 1. The average Bonchev–Trinajstić information content (AvgIpc) is 3.09. The highest BCUT2D eigenvalue weighted by Crippen LogP contribution is 2.25. The molecule has 2 N–H and O–H groups in total. The Labute approximate surface area is 153 Å². The number of aryl methyl sites for hydroxylation is 1. The minimum Gasteiger partial charge on any atom is -0.384 e. The van der Waals surface area contributed by atoms with Crippen LogP contribution in [0.2, 0.25) is 0 Å². The average molecular weight is 371 g/mol. The van der Waals surface area contributed by atoms with Crippen molar-refractivity contribution in [2.24, 2.45) is 7.05 Å². The van der Waals surface area contributed by atoms with Crippen molar-refractivity contribution in [2.75, 3.05) is 6.54 Å². The van der Waals surface area contributed by atoms with Crippen LogP contribution >= 0.6 is 0 Å². The molecule has 0 spiro atoms. The standard InChI is InChI=1S/C19H21N3O3S/c1-19(23,13-21-26(24,25)18-12-22(2)14-20-18)17-10-8-16(9-11-17)15-6-4-3-5-7-15/h3-12,14,21,23H,13H2,1-2H3/t19-/m1/s1. The van der Waals surface area contributed by atoms with Crippen molar-refractivity contribution in [1.82, 2.24) is 14.3 Å². The zero-order chi connectivity index (χ0) is 18.8. The second-order valence-electron chi connectivity index (χ2n) is 6.42. The Morgan fingerprint density at radius 2 is 1.69 bits per heavy atom. The van der Waals surface area contributed by atoms with Crippen molar-refractivity contribution in [2.45, 2.75) is 17.6 Å². The molecule has 0 saturated heterocycles. The lowest BCUT2D eigenvalue weighted by Gasteiger charge is -2.24. The van der Waals surface area contributed by atoms with Gasteiger partial charge in [-0.2, -0.15) is 0 Å². The minimum atomic E-state index is -3.77.